The van der Waals surface area contributed by atoms with E-state index in [1.165, 1.54) is 5.56 Å². The summed E-state index contributed by atoms with van der Waals surface area (Å²) in [5.41, 5.74) is 2.23. The number of nitrogens with one attached hydrogen (secondary N) is 2. The summed E-state index contributed by atoms with van der Waals surface area (Å²) >= 11 is 0. The van der Waals surface area contributed by atoms with E-state index < -0.39 is 0 Å². The number of ether oxygens (including phenoxy) is 1. The molecule has 0 saturated carbocycles. The molecule has 2 aromatic rings. The van der Waals surface area contributed by atoms with Crippen LogP contribution in [-0.2, 0) is 13.1 Å². The Balaban J connectivity index is 0.00000364. The number of aromatic nitrogens is 2. The zero-order chi connectivity index (χ0) is 18.9. The Bertz CT molecular complexity index is 733. The van der Waals surface area contributed by atoms with E-state index in [-0.39, 0.29) is 30.1 Å². The summed E-state index contributed by atoms with van der Waals surface area (Å²) in [6, 6.07) is 6.22. The molecule has 1 aromatic carbocycles. The highest BCUT2D eigenvalue weighted by atomic mass is 127. The Morgan fingerprint density at radius 1 is 1.26 bits per heavy atom. The van der Waals surface area contributed by atoms with Gasteiger partial charge in [0.15, 0.2) is 11.8 Å². The number of rotatable bonds is 8. The predicted octanol–water partition coefficient (Wildman–Crippen LogP) is 3.74. The van der Waals surface area contributed by atoms with Crippen molar-refractivity contribution in [2.45, 2.75) is 60.2 Å². The van der Waals surface area contributed by atoms with E-state index in [0.717, 1.165) is 24.3 Å². The van der Waals surface area contributed by atoms with E-state index in [2.05, 4.69) is 64.7 Å². The van der Waals surface area contributed by atoms with Crippen molar-refractivity contribution in [1.29, 1.82) is 0 Å². The van der Waals surface area contributed by atoms with Gasteiger partial charge in [0.1, 0.15) is 5.75 Å². The van der Waals surface area contributed by atoms with Crippen molar-refractivity contribution in [3.63, 3.8) is 0 Å². The van der Waals surface area contributed by atoms with Gasteiger partial charge >= 0.3 is 0 Å². The first kappa shape index (κ1) is 23.2. The Labute approximate surface area is 178 Å². The van der Waals surface area contributed by atoms with Crippen molar-refractivity contribution >= 4 is 29.9 Å². The molecule has 27 heavy (non-hydrogen) atoms. The maximum absolute atomic E-state index is 6.06. The zero-order valence-corrected chi connectivity index (χ0v) is 19.0. The van der Waals surface area contributed by atoms with Crippen LogP contribution in [0.15, 0.2) is 27.7 Å². The maximum atomic E-state index is 6.06. The molecule has 2 rings (SSSR count). The summed E-state index contributed by atoms with van der Waals surface area (Å²) in [5.74, 6) is 2.74. The highest BCUT2D eigenvalue weighted by Crippen LogP contribution is 2.23. The van der Waals surface area contributed by atoms with Crippen molar-refractivity contribution in [3.05, 3.63) is 41.0 Å². The van der Waals surface area contributed by atoms with Gasteiger partial charge in [0, 0.05) is 12.1 Å². The molecular formula is C19H30IN5O2. The molecule has 0 amide bonds. The van der Waals surface area contributed by atoms with Gasteiger partial charge < -0.3 is 19.9 Å². The van der Waals surface area contributed by atoms with Crippen LogP contribution >= 0.6 is 24.0 Å². The van der Waals surface area contributed by atoms with Crippen molar-refractivity contribution < 1.29 is 9.26 Å². The number of nitrogens with zero attached hydrogens (tertiary/aromatic N) is 3. The van der Waals surface area contributed by atoms with Gasteiger partial charge in [0.25, 0.3) is 0 Å². The number of hydrogen-bond acceptors (Lipinski definition) is 5. The fourth-order valence-electron chi connectivity index (χ4n) is 2.28. The van der Waals surface area contributed by atoms with Crippen LogP contribution in [0.5, 0.6) is 5.75 Å². The molecule has 0 aliphatic carbocycles. The first-order valence-electron chi connectivity index (χ1n) is 9.09. The van der Waals surface area contributed by atoms with Crippen LogP contribution in [0, 0.1) is 13.8 Å². The Hall–Kier alpha value is -1.84. The Morgan fingerprint density at radius 3 is 2.67 bits per heavy atom. The van der Waals surface area contributed by atoms with Crippen LogP contribution in [0.25, 0.3) is 0 Å². The molecule has 7 nitrogen and oxygen atoms in total. The first-order valence-corrected chi connectivity index (χ1v) is 9.09. The molecule has 0 aliphatic heterocycles. The molecule has 2 N–H and O–H groups in total. The van der Waals surface area contributed by atoms with Gasteiger partial charge in [-0.15, -0.1) is 24.0 Å². The third-order valence-electron chi connectivity index (χ3n) is 3.85. The van der Waals surface area contributed by atoms with Gasteiger partial charge in [0.05, 0.1) is 19.2 Å². The third-order valence-corrected chi connectivity index (χ3v) is 3.85. The number of hydrogen-bond donors (Lipinski definition) is 2. The van der Waals surface area contributed by atoms with Crippen LogP contribution in [0.1, 0.15) is 50.0 Å². The van der Waals surface area contributed by atoms with Crippen LogP contribution in [0.3, 0.4) is 0 Å². The molecule has 8 heteroatoms. The summed E-state index contributed by atoms with van der Waals surface area (Å²) in [4.78, 5) is 8.84. The van der Waals surface area contributed by atoms with Crippen LogP contribution < -0.4 is 15.4 Å². The molecule has 0 radical (unpaired) electrons. The molecule has 1 heterocycles. The topological polar surface area (TPSA) is 84.6 Å². The van der Waals surface area contributed by atoms with Crippen molar-refractivity contribution in [3.8, 4) is 5.75 Å². The third kappa shape index (κ3) is 7.74. The lowest BCUT2D eigenvalue weighted by molar-refractivity contribution is 0.215. The molecule has 0 aliphatic rings. The van der Waals surface area contributed by atoms with Crippen molar-refractivity contribution in [1.82, 2.24) is 20.8 Å². The minimum Gasteiger partial charge on any atom is -0.490 e. The van der Waals surface area contributed by atoms with E-state index in [1.807, 2.05) is 6.92 Å². The monoisotopic (exact) mass is 487 g/mol. The minimum absolute atomic E-state index is 0. The number of aliphatic imine (C=N–C) groups is 1. The van der Waals surface area contributed by atoms with Crippen molar-refractivity contribution in [2.75, 3.05) is 6.54 Å². The minimum atomic E-state index is 0. The summed E-state index contributed by atoms with van der Waals surface area (Å²) in [6.07, 6.45) is 1.14. The summed E-state index contributed by atoms with van der Waals surface area (Å²) in [7, 11) is 0. The quantitative estimate of drug-likeness (QED) is 0.336. The molecule has 150 valence electrons. The van der Waals surface area contributed by atoms with Crippen LogP contribution in [-0.4, -0.2) is 28.7 Å². The largest absolute Gasteiger partial charge is 0.490 e. The second kappa shape index (κ2) is 11.8. The number of halogens is 1. The first-order chi connectivity index (χ1) is 12.5. The van der Waals surface area contributed by atoms with Gasteiger partial charge in [-0.25, -0.2) is 4.99 Å². The SMILES string of the molecule is CCNC(=NCc1ccc(C)cc1OC(C)CC)NCc1nc(C)no1.I. The zero-order valence-electron chi connectivity index (χ0n) is 16.7. The van der Waals surface area contributed by atoms with E-state index in [4.69, 9.17) is 9.26 Å². The highest BCUT2D eigenvalue weighted by Gasteiger charge is 2.09. The Kier molecular flexibility index (Phi) is 10.1. The van der Waals surface area contributed by atoms with E-state index in [1.54, 1.807) is 6.92 Å². The lowest BCUT2D eigenvalue weighted by atomic mass is 10.1. The Morgan fingerprint density at radius 2 is 2.04 bits per heavy atom. The molecule has 0 fully saturated rings. The molecular weight excluding hydrogens is 457 g/mol. The lowest BCUT2D eigenvalue weighted by Crippen LogP contribution is -2.36. The molecule has 1 aromatic heterocycles. The average molecular weight is 487 g/mol. The predicted molar refractivity (Wildman–Crippen MR) is 118 cm³/mol. The molecule has 0 bridgehead atoms. The second-order valence-corrected chi connectivity index (χ2v) is 6.23. The lowest BCUT2D eigenvalue weighted by Gasteiger charge is -2.16. The molecule has 1 atom stereocenters. The molecule has 0 saturated heterocycles. The van der Waals surface area contributed by atoms with Gasteiger partial charge in [-0.2, -0.15) is 4.98 Å². The standard InChI is InChI=1S/C19H29N5O2.HI/c1-6-14(4)25-17-10-13(3)8-9-16(17)11-21-19(20-7-2)22-12-18-23-15(5)24-26-18;/h8-10,14H,6-7,11-12H2,1-5H3,(H2,20,21,22);1H. The smallest absolute Gasteiger partial charge is 0.246 e. The fourth-order valence-corrected chi connectivity index (χ4v) is 2.28. The fraction of sp³-hybridized carbons (Fsp3) is 0.526. The number of benzene rings is 1. The van der Waals surface area contributed by atoms with Crippen molar-refractivity contribution in [2.24, 2.45) is 4.99 Å². The second-order valence-electron chi connectivity index (χ2n) is 6.23. The van der Waals surface area contributed by atoms with E-state index in [9.17, 15) is 0 Å². The average Bonchev–Trinajstić information content (AvgIpc) is 3.04. The van der Waals surface area contributed by atoms with E-state index in [0.29, 0.717) is 30.8 Å². The van der Waals surface area contributed by atoms with Gasteiger partial charge in [-0.05, 0) is 45.7 Å². The summed E-state index contributed by atoms with van der Waals surface area (Å²) in [5, 5.41) is 10.2. The summed E-state index contributed by atoms with van der Waals surface area (Å²) < 4.78 is 11.2. The van der Waals surface area contributed by atoms with Gasteiger partial charge in [-0.3, -0.25) is 0 Å². The molecule has 0 spiro atoms. The molecule has 1 unspecified atom stereocenters. The van der Waals surface area contributed by atoms with E-state index >= 15 is 0 Å². The number of guanidine groups is 1. The maximum Gasteiger partial charge on any atom is 0.246 e. The van der Waals surface area contributed by atoms with Gasteiger partial charge in [-0.1, -0.05) is 24.2 Å². The number of aryl methyl sites for hydroxylation is 2. The van der Waals surface area contributed by atoms with Crippen LogP contribution in [0.2, 0.25) is 0 Å². The van der Waals surface area contributed by atoms with Gasteiger partial charge in [0.2, 0.25) is 5.89 Å². The van der Waals surface area contributed by atoms with Crippen LogP contribution in [0.4, 0.5) is 0 Å². The highest BCUT2D eigenvalue weighted by molar-refractivity contribution is 14.0. The normalized spacial score (nSPS) is 12.3. The summed E-state index contributed by atoms with van der Waals surface area (Å²) in [6.45, 7) is 11.8.